The summed E-state index contributed by atoms with van der Waals surface area (Å²) < 4.78 is 2.40. The van der Waals surface area contributed by atoms with Crippen molar-refractivity contribution >= 4 is 16.7 Å². The number of nitrogens with one attached hydrogen (secondary N) is 1. The van der Waals surface area contributed by atoms with Gasteiger partial charge in [0.1, 0.15) is 5.82 Å². The van der Waals surface area contributed by atoms with Gasteiger partial charge in [-0.2, -0.15) is 0 Å². The van der Waals surface area contributed by atoms with Gasteiger partial charge in [0, 0.05) is 30.3 Å². The monoisotopic (exact) mass is 227 g/mol. The van der Waals surface area contributed by atoms with Crippen LogP contribution in [0.1, 0.15) is 31.2 Å². The molecule has 1 aromatic carbocycles. The molecular weight excluding hydrogens is 210 g/mol. The minimum atomic E-state index is 0.592. The molecule has 2 aromatic rings. The molecule has 1 atom stereocenters. The van der Waals surface area contributed by atoms with Crippen molar-refractivity contribution in [2.75, 3.05) is 5.32 Å². The molecule has 17 heavy (non-hydrogen) atoms. The van der Waals surface area contributed by atoms with E-state index in [-0.39, 0.29) is 0 Å². The molecule has 1 unspecified atom stereocenters. The summed E-state index contributed by atoms with van der Waals surface area (Å²) in [4.78, 5) is 4.85. The Morgan fingerprint density at radius 2 is 2.29 bits per heavy atom. The van der Waals surface area contributed by atoms with E-state index in [1.54, 1.807) is 0 Å². The van der Waals surface area contributed by atoms with Gasteiger partial charge in [-0.3, -0.25) is 0 Å². The Morgan fingerprint density at radius 1 is 1.35 bits per heavy atom. The number of fused-ring (bicyclic) bond motifs is 5. The van der Waals surface area contributed by atoms with E-state index in [9.17, 15) is 0 Å². The molecule has 2 aliphatic heterocycles. The summed E-state index contributed by atoms with van der Waals surface area (Å²) in [5.74, 6) is 1.28. The van der Waals surface area contributed by atoms with Crippen LogP contribution in [-0.4, -0.2) is 15.6 Å². The number of benzene rings is 1. The van der Waals surface area contributed by atoms with E-state index in [1.807, 2.05) is 0 Å². The van der Waals surface area contributed by atoms with Crippen molar-refractivity contribution in [1.82, 2.24) is 9.55 Å². The van der Waals surface area contributed by atoms with Gasteiger partial charge in [-0.25, -0.2) is 4.98 Å². The number of rotatable bonds is 0. The van der Waals surface area contributed by atoms with Gasteiger partial charge in [0.2, 0.25) is 0 Å². The zero-order chi connectivity index (χ0) is 11.4. The topological polar surface area (TPSA) is 29.9 Å². The fraction of sp³-hybridized carbons (Fsp3) is 0.500. The number of hydrogen-bond donors (Lipinski definition) is 1. The maximum atomic E-state index is 4.85. The standard InChI is InChI=1S/C14H17N3/c1-9-4-5-10-11(15-9)6-7-12-14(10)16-13-3-2-8-17(12)13/h6-7,9,15H,2-5,8H2,1H3. The minimum absolute atomic E-state index is 0.592. The highest BCUT2D eigenvalue weighted by molar-refractivity contribution is 5.86. The normalized spacial score (nSPS) is 22.3. The lowest BCUT2D eigenvalue weighted by Crippen LogP contribution is -2.22. The van der Waals surface area contributed by atoms with Crippen LogP contribution in [-0.2, 0) is 19.4 Å². The van der Waals surface area contributed by atoms with Crippen LogP contribution in [0.15, 0.2) is 12.1 Å². The fourth-order valence-electron chi connectivity index (χ4n) is 3.22. The van der Waals surface area contributed by atoms with Gasteiger partial charge >= 0.3 is 0 Å². The Hall–Kier alpha value is -1.51. The van der Waals surface area contributed by atoms with E-state index in [0.29, 0.717) is 6.04 Å². The largest absolute Gasteiger partial charge is 0.382 e. The molecule has 3 nitrogen and oxygen atoms in total. The lowest BCUT2D eigenvalue weighted by atomic mass is 9.98. The van der Waals surface area contributed by atoms with Gasteiger partial charge in [-0.15, -0.1) is 0 Å². The van der Waals surface area contributed by atoms with Crippen LogP contribution in [0, 0.1) is 0 Å². The summed E-state index contributed by atoms with van der Waals surface area (Å²) in [6.07, 6.45) is 4.78. The van der Waals surface area contributed by atoms with Crippen molar-refractivity contribution < 1.29 is 0 Å². The van der Waals surface area contributed by atoms with Crippen molar-refractivity contribution in [3.63, 3.8) is 0 Å². The first-order valence-electron chi connectivity index (χ1n) is 6.60. The zero-order valence-corrected chi connectivity index (χ0v) is 10.2. The highest BCUT2D eigenvalue weighted by Gasteiger charge is 2.22. The van der Waals surface area contributed by atoms with Crippen LogP contribution in [0.5, 0.6) is 0 Å². The molecule has 0 saturated carbocycles. The van der Waals surface area contributed by atoms with E-state index in [1.165, 1.54) is 41.0 Å². The molecule has 1 aromatic heterocycles. The van der Waals surface area contributed by atoms with Crippen molar-refractivity contribution in [2.24, 2.45) is 0 Å². The number of aryl methyl sites for hydroxylation is 3. The summed E-state index contributed by atoms with van der Waals surface area (Å²) in [5, 5.41) is 3.57. The van der Waals surface area contributed by atoms with Crippen LogP contribution in [0.3, 0.4) is 0 Å². The maximum Gasteiger partial charge on any atom is 0.109 e. The Bertz CT molecular complexity index is 597. The SMILES string of the molecule is CC1CCc2c(ccc3c2nc2n3CCC2)N1. The van der Waals surface area contributed by atoms with Gasteiger partial charge in [0.25, 0.3) is 0 Å². The highest BCUT2D eigenvalue weighted by Crippen LogP contribution is 2.33. The van der Waals surface area contributed by atoms with E-state index < -0.39 is 0 Å². The molecule has 3 heteroatoms. The van der Waals surface area contributed by atoms with Crippen molar-refractivity contribution in [1.29, 1.82) is 0 Å². The Balaban J connectivity index is 1.98. The number of hydrogen-bond acceptors (Lipinski definition) is 2. The van der Waals surface area contributed by atoms with Gasteiger partial charge in [0.05, 0.1) is 11.0 Å². The Kier molecular flexibility index (Phi) is 1.82. The van der Waals surface area contributed by atoms with Crippen LogP contribution in [0.4, 0.5) is 5.69 Å². The minimum Gasteiger partial charge on any atom is -0.382 e. The molecule has 0 aliphatic carbocycles. The van der Waals surface area contributed by atoms with Gasteiger partial charge < -0.3 is 9.88 Å². The fourth-order valence-corrected chi connectivity index (χ4v) is 3.22. The molecule has 3 heterocycles. The van der Waals surface area contributed by atoms with Gasteiger partial charge in [-0.1, -0.05) is 0 Å². The predicted octanol–water partition coefficient (Wildman–Crippen LogP) is 2.73. The zero-order valence-electron chi connectivity index (χ0n) is 10.2. The average molecular weight is 227 g/mol. The van der Waals surface area contributed by atoms with Crippen LogP contribution >= 0.6 is 0 Å². The predicted molar refractivity (Wildman–Crippen MR) is 69.5 cm³/mol. The molecule has 0 spiro atoms. The molecule has 0 saturated heterocycles. The third-order valence-electron chi connectivity index (χ3n) is 4.12. The number of aromatic nitrogens is 2. The molecule has 0 amide bonds. The molecule has 0 bridgehead atoms. The quantitative estimate of drug-likeness (QED) is 0.750. The van der Waals surface area contributed by atoms with Crippen molar-refractivity contribution in [3.05, 3.63) is 23.5 Å². The highest BCUT2D eigenvalue weighted by atomic mass is 15.1. The molecule has 1 N–H and O–H groups in total. The first kappa shape index (κ1) is 9.51. The Morgan fingerprint density at radius 3 is 3.24 bits per heavy atom. The van der Waals surface area contributed by atoms with Crippen LogP contribution in [0.2, 0.25) is 0 Å². The van der Waals surface area contributed by atoms with Gasteiger partial charge in [0.15, 0.2) is 0 Å². The summed E-state index contributed by atoms with van der Waals surface area (Å²) in [7, 11) is 0. The molecule has 0 radical (unpaired) electrons. The number of anilines is 1. The average Bonchev–Trinajstić information content (AvgIpc) is 2.88. The molecule has 4 rings (SSSR count). The molecule has 0 fully saturated rings. The molecule has 88 valence electrons. The second-order valence-corrected chi connectivity index (χ2v) is 5.33. The number of nitrogens with zero attached hydrogens (tertiary/aromatic N) is 2. The maximum absolute atomic E-state index is 4.85. The Labute approximate surface area is 101 Å². The first-order chi connectivity index (χ1) is 8.33. The first-order valence-corrected chi connectivity index (χ1v) is 6.60. The van der Waals surface area contributed by atoms with Crippen molar-refractivity contribution in [3.8, 4) is 0 Å². The summed E-state index contributed by atoms with van der Waals surface area (Å²) in [6, 6.07) is 5.07. The molecular formula is C14H17N3. The number of imidazole rings is 1. The second-order valence-electron chi connectivity index (χ2n) is 5.33. The summed E-state index contributed by atoms with van der Waals surface area (Å²) >= 11 is 0. The summed E-state index contributed by atoms with van der Waals surface area (Å²) in [6.45, 7) is 3.40. The van der Waals surface area contributed by atoms with E-state index in [2.05, 4.69) is 28.9 Å². The van der Waals surface area contributed by atoms with Gasteiger partial charge in [-0.05, 0) is 38.3 Å². The van der Waals surface area contributed by atoms with E-state index in [0.717, 1.165) is 19.4 Å². The summed E-state index contributed by atoms with van der Waals surface area (Å²) in [5.41, 5.74) is 5.32. The van der Waals surface area contributed by atoms with E-state index in [4.69, 9.17) is 4.98 Å². The van der Waals surface area contributed by atoms with Crippen LogP contribution in [0.25, 0.3) is 11.0 Å². The molecule has 2 aliphatic rings. The smallest absolute Gasteiger partial charge is 0.109 e. The van der Waals surface area contributed by atoms with E-state index >= 15 is 0 Å². The second kappa shape index (κ2) is 3.25. The third-order valence-corrected chi connectivity index (χ3v) is 4.12. The lowest BCUT2D eigenvalue weighted by molar-refractivity contribution is 0.683. The third kappa shape index (κ3) is 1.25. The lowest BCUT2D eigenvalue weighted by Gasteiger charge is -2.24. The van der Waals surface area contributed by atoms with Crippen LogP contribution < -0.4 is 5.32 Å². The van der Waals surface area contributed by atoms with Crippen molar-refractivity contribution in [2.45, 2.75) is 45.2 Å².